The lowest BCUT2D eigenvalue weighted by molar-refractivity contribution is 0.0699. The van der Waals surface area contributed by atoms with E-state index in [0.29, 0.717) is 17.0 Å². The van der Waals surface area contributed by atoms with Crippen molar-refractivity contribution in [2.24, 2.45) is 0 Å². The Morgan fingerprint density at radius 1 is 1.56 bits per heavy atom. The number of carbonyl (C=O) groups is 1. The minimum Gasteiger partial charge on any atom is -0.481 e. The second-order valence-corrected chi connectivity index (χ2v) is 3.18. The highest BCUT2D eigenvalue weighted by Crippen LogP contribution is 2.22. The molecule has 2 heterocycles. The Balaban J connectivity index is 2.82. The van der Waals surface area contributed by atoms with Crippen LogP contribution in [0.4, 0.5) is 0 Å². The van der Waals surface area contributed by atoms with E-state index >= 15 is 0 Å². The first-order chi connectivity index (χ1) is 7.69. The summed E-state index contributed by atoms with van der Waals surface area (Å²) in [7, 11) is 1.47. The normalized spacial score (nSPS) is 10.6. The maximum Gasteiger partial charge on any atom is 0.339 e. The average molecular weight is 222 g/mol. The van der Waals surface area contributed by atoms with E-state index in [4.69, 9.17) is 14.9 Å². The summed E-state index contributed by atoms with van der Waals surface area (Å²) < 4.78 is 6.40. The van der Waals surface area contributed by atoms with Crippen molar-refractivity contribution in [2.45, 2.75) is 6.61 Å². The number of hydrogen-bond donors (Lipinski definition) is 2. The van der Waals surface area contributed by atoms with Crippen LogP contribution in [0.5, 0.6) is 5.88 Å². The third-order valence-corrected chi connectivity index (χ3v) is 2.32. The SMILES string of the molecule is COc1ccc(CO)c2c(C(=O)O)cnn12. The average Bonchev–Trinajstić information content (AvgIpc) is 2.72. The number of aromatic nitrogens is 2. The summed E-state index contributed by atoms with van der Waals surface area (Å²) in [5, 5.41) is 22.0. The summed E-state index contributed by atoms with van der Waals surface area (Å²) in [6.45, 7) is -0.251. The summed E-state index contributed by atoms with van der Waals surface area (Å²) in [6, 6.07) is 3.24. The van der Waals surface area contributed by atoms with E-state index in [9.17, 15) is 4.79 Å². The van der Waals surface area contributed by atoms with Crippen molar-refractivity contribution in [1.82, 2.24) is 9.61 Å². The lowest BCUT2D eigenvalue weighted by Gasteiger charge is -2.06. The molecule has 6 heteroatoms. The zero-order chi connectivity index (χ0) is 11.7. The molecule has 0 aromatic carbocycles. The highest BCUT2D eigenvalue weighted by molar-refractivity contribution is 5.96. The van der Waals surface area contributed by atoms with Crippen molar-refractivity contribution in [1.29, 1.82) is 0 Å². The van der Waals surface area contributed by atoms with Crippen LogP contribution in [0.2, 0.25) is 0 Å². The van der Waals surface area contributed by atoms with Crippen molar-refractivity contribution in [2.75, 3.05) is 7.11 Å². The Morgan fingerprint density at radius 3 is 2.88 bits per heavy atom. The molecule has 84 valence electrons. The minimum absolute atomic E-state index is 0.0444. The molecular weight excluding hydrogens is 212 g/mol. The number of rotatable bonds is 3. The second kappa shape index (κ2) is 3.82. The lowest BCUT2D eigenvalue weighted by Crippen LogP contribution is -2.02. The van der Waals surface area contributed by atoms with Gasteiger partial charge in [0.2, 0.25) is 5.88 Å². The van der Waals surface area contributed by atoms with Gasteiger partial charge in [-0.1, -0.05) is 0 Å². The van der Waals surface area contributed by atoms with Gasteiger partial charge in [0, 0.05) is 11.6 Å². The Hall–Kier alpha value is -2.08. The van der Waals surface area contributed by atoms with Gasteiger partial charge in [0.05, 0.1) is 25.4 Å². The van der Waals surface area contributed by atoms with Crippen LogP contribution in [0, 0.1) is 0 Å². The van der Waals surface area contributed by atoms with E-state index in [2.05, 4.69) is 5.10 Å². The molecule has 0 amide bonds. The van der Waals surface area contributed by atoms with Crippen LogP contribution >= 0.6 is 0 Å². The molecule has 2 rings (SSSR count). The standard InChI is InChI=1S/C10H10N2O4/c1-16-8-3-2-6(5-13)9-7(10(14)15)4-11-12(8)9/h2-4,13H,5H2,1H3,(H,14,15). The van der Waals surface area contributed by atoms with Crippen LogP contribution in [0.15, 0.2) is 18.3 Å². The number of ether oxygens (including phenoxy) is 1. The summed E-state index contributed by atoms with van der Waals surface area (Å²) in [5.41, 5.74) is 0.896. The van der Waals surface area contributed by atoms with Crippen molar-refractivity contribution in [3.8, 4) is 5.88 Å². The third kappa shape index (κ3) is 1.40. The molecule has 0 unspecified atom stereocenters. The summed E-state index contributed by atoms with van der Waals surface area (Å²) >= 11 is 0. The van der Waals surface area contributed by atoms with E-state index in [0.717, 1.165) is 0 Å². The van der Waals surface area contributed by atoms with E-state index in [1.807, 2.05) is 0 Å². The first kappa shape index (κ1) is 10.4. The second-order valence-electron chi connectivity index (χ2n) is 3.18. The Kier molecular flexibility index (Phi) is 2.49. The topological polar surface area (TPSA) is 84.1 Å². The lowest BCUT2D eigenvalue weighted by atomic mass is 10.1. The van der Waals surface area contributed by atoms with Gasteiger partial charge in [-0.05, 0) is 6.07 Å². The van der Waals surface area contributed by atoms with Crippen LogP contribution in [0.3, 0.4) is 0 Å². The molecule has 6 nitrogen and oxygen atoms in total. The summed E-state index contributed by atoms with van der Waals surface area (Å²) in [5.74, 6) is -0.669. The number of fused-ring (bicyclic) bond motifs is 1. The van der Waals surface area contributed by atoms with E-state index in [1.165, 1.54) is 17.8 Å². The molecule has 0 saturated carbocycles. The van der Waals surface area contributed by atoms with Crippen molar-refractivity contribution >= 4 is 11.5 Å². The Bertz CT molecular complexity index is 547. The quantitative estimate of drug-likeness (QED) is 0.791. The fourth-order valence-electron chi connectivity index (χ4n) is 1.58. The molecule has 2 aromatic rings. The van der Waals surface area contributed by atoms with E-state index in [1.54, 1.807) is 12.1 Å². The van der Waals surface area contributed by atoms with Gasteiger partial charge in [-0.15, -0.1) is 0 Å². The van der Waals surface area contributed by atoms with Crippen molar-refractivity contribution in [3.05, 3.63) is 29.5 Å². The summed E-state index contributed by atoms with van der Waals surface area (Å²) in [4.78, 5) is 11.0. The fraction of sp³-hybridized carbons (Fsp3) is 0.200. The number of hydrogen-bond acceptors (Lipinski definition) is 4. The Labute approximate surface area is 90.7 Å². The smallest absolute Gasteiger partial charge is 0.339 e. The maximum atomic E-state index is 11.0. The number of carboxylic acid groups (broad SMARTS) is 1. The molecule has 0 fully saturated rings. The molecule has 0 radical (unpaired) electrons. The molecule has 0 aliphatic rings. The van der Waals surface area contributed by atoms with Crippen molar-refractivity contribution in [3.63, 3.8) is 0 Å². The maximum absolute atomic E-state index is 11.0. The van der Waals surface area contributed by atoms with Gasteiger partial charge in [-0.2, -0.15) is 9.61 Å². The number of carboxylic acids is 1. The number of aliphatic hydroxyl groups excluding tert-OH is 1. The van der Waals surface area contributed by atoms with Crippen LogP contribution in [-0.2, 0) is 6.61 Å². The predicted octanol–water partition coefficient (Wildman–Crippen LogP) is 0.533. The predicted molar refractivity (Wildman–Crippen MR) is 54.6 cm³/mol. The van der Waals surface area contributed by atoms with E-state index in [-0.39, 0.29) is 12.2 Å². The molecule has 0 saturated heterocycles. The molecule has 0 aliphatic carbocycles. The zero-order valence-corrected chi connectivity index (χ0v) is 8.54. The first-order valence-corrected chi connectivity index (χ1v) is 4.56. The number of nitrogens with zero attached hydrogens (tertiary/aromatic N) is 2. The molecule has 2 aromatic heterocycles. The number of methoxy groups -OCH3 is 1. The van der Waals surface area contributed by atoms with Crippen LogP contribution in [-0.4, -0.2) is 32.9 Å². The Morgan fingerprint density at radius 2 is 2.31 bits per heavy atom. The van der Waals surface area contributed by atoms with Gasteiger partial charge in [0.1, 0.15) is 5.56 Å². The van der Waals surface area contributed by atoms with Crippen LogP contribution in [0.1, 0.15) is 15.9 Å². The van der Waals surface area contributed by atoms with Crippen LogP contribution < -0.4 is 4.74 Å². The highest BCUT2D eigenvalue weighted by atomic mass is 16.5. The van der Waals surface area contributed by atoms with Gasteiger partial charge in [0.15, 0.2) is 0 Å². The molecule has 0 spiro atoms. The fourth-order valence-corrected chi connectivity index (χ4v) is 1.58. The first-order valence-electron chi connectivity index (χ1n) is 4.56. The minimum atomic E-state index is -1.09. The van der Waals surface area contributed by atoms with Gasteiger partial charge in [0.25, 0.3) is 0 Å². The highest BCUT2D eigenvalue weighted by Gasteiger charge is 2.16. The number of aliphatic hydroxyl groups is 1. The largest absolute Gasteiger partial charge is 0.481 e. The number of pyridine rings is 1. The number of aromatic carboxylic acids is 1. The molecule has 0 aliphatic heterocycles. The van der Waals surface area contributed by atoms with Gasteiger partial charge in [-0.25, -0.2) is 4.79 Å². The van der Waals surface area contributed by atoms with Gasteiger partial charge in [-0.3, -0.25) is 0 Å². The molecule has 0 atom stereocenters. The molecule has 16 heavy (non-hydrogen) atoms. The third-order valence-electron chi connectivity index (χ3n) is 2.32. The molecule has 2 N–H and O–H groups in total. The van der Waals surface area contributed by atoms with Gasteiger partial charge < -0.3 is 14.9 Å². The molecular formula is C10H10N2O4. The van der Waals surface area contributed by atoms with E-state index < -0.39 is 5.97 Å². The zero-order valence-electron chi connectivity index (χ0n) is 8.54. The van der Waals surface area contributed by atoms with Crippen LogP contribution in [0.25, 0.3) is 5.52 Å². The van der Waals surface area contributed by atoms with Gasteiger partial charge >= 0.3 is 5.97 Å². The van der Waals surface area contributed by atoms with Crippen molar-refractivity contribution < 1.29 is 19.7 Å². The molecule has 0 bridgehead atoms. The summed E-state index contributed by atoms with van der Waals surface area (Å²) in [6.07, 6.45) is 1.24. The monoisotopic (exact) mass is 222 g/mol.